The van der Waals surface area contributed by atoms with E-state index in [4.69, 9.17) is 4.42 Å². The topological polar surface area (TPSA) is 85.1 Å². The molecule has 0 saturated carbocycles. The molecule has 2 aromatic rings. The zero-order chi connectivity index (χ0) is 13.0. The summed E-state index contributed by atoms with van der Waals surface area (Å²) in [5.41, 5.74) is 0.728. The van der Waals surface area contributed by atoms with Crippen molar-refractivity contribution >= 4 is 10.0 Å². The molecule has 0 bridgehead atoms. The summed E-state index contributed by atoms with van der Waals surface area (Å²) in [6.45, 7) is 1.66. The Hall–Kier alpha value is -1.73. The number of aryl methyl sites for hydroxylation is 1. The summed E-state index contributed by atoms with van der Waals surface area (Å²) in [7, 11) is -3.40. The Kier molecular flexibility index (Phi) is 3.73. The molecule has 0 unspecified atom stereocenters. The van der Waals surface area contributed by atoms with Crippen LogP contribution in [-0.4, -0.2) is 18.6 Å². The van der Waals surface area contributed by atoms with Crippen molar-refractivity contribution in [1.29, 1.82) is 0 Å². The van der Waals surface area contributed by atoms with Crippen molar-refractivity contribution < 1.29 is 12.8 Å². The van der Waals surface area contributed by atoms with Gasteiger partial charge in [0.2, 0.25) is 21.8 Å². The van der Waals surface area contributed by atoms with Crippen molar-refractivity contribution in [3.8, 4) is 0 Å². The normalized spacial score (nSPS) is 11.6. The maximum atomic E-state index is 11.8. The van der Waals surface area contributed by atoms with Gasteiger partial charge in [-0.15, -0.1) is 10.2 Å². The van der Waals surface area contributed by atoms with Crippen molar-refractivity contribution in [3.05, 3.63) is 47.7 Å². The Morgan fingerprint density at radius 3 is 2.56 bits per heavy atom. The van der Waals surface area contributed by atoms with Gasteiger partial charge in [-0.3, -0.25) is 0 Å². The molecule has 0 amide bonds. The van der Waals surface area contributed by atoms with Gasteiger partial charge in [0.15, 0.2) is 0 Å². The van der Waals surface area contributed by atoms with Gasteiger partial charge in [0, 0.05) is 6.92 Å². The first-order valence-electron chi connectivity index (χ1n) is 5.35. The summed E-state index contributed by atoms with van der Waals surface area (Å²) < 4.78 is 31.1. The number of sulfonamides is 1. The summed E-state index contributed by atoms with van der Waals surface area (Å²) in [6, 6.07) is 8.95. The second-order valence-electron chi connectivity index (χ2n) is 3.78. The number of nitrogens with zero attached hydrogens (tertiary/aromatic N) is 2. The lowest BCUT2D eigenvalue weighted by Crippen LogP contribution is -2.24. The van der Waals surface area contributed by atoms with E-state index >= 15 is 0 Å². The van der Waals surface area contributed by atoms with Gasteiger partial charge >= 0.3 is 0 Å². The zero-order valence-electron chi connectivity index (χ0n) is 9.83. The van der Waals surface area contributed by atoms with E-state index < -0.39 is 10.0 Å². The molecule has 0 aliphatic rings. The van der Waals surface area contributed by atoms with Gasteiger partial charge in [0.1, 0.15) is 0 Å². The Labute approximate surface area is 105 Å². The third kappa shape index (κ3) is 3.64. The predicted molar refractivity (Wildman–Crippen MR) is 64.9 cm³/mol. The minimum Gasteiger partial charge on any atom is -0.424 e. The summed E-state index contributed by atoms with van der Waals surface area (Å²) in [4.78, 5) is 0. The van der Waals surface area contributed by atoms with Gasteiger partial charge in [-0.25, -0.2) is 13.1 Å². The zero-order valence-corrected chi connectivity index (χ0v) is 10.6. The number of hydrogen-bond donors (Lipinski definition) is 1. The Morgan fingerprint density at radius 1 is 1.22 bits per heavy atom. The SMILES string of the molecule is Cc1nnc(CNS(=O)(=O)Cc2ccccc2)o1. The fourth-order valence-electron chi connectivity index (χ4n) is 1.43. The molecule has 6 nitrogen and oxygen atoms in total. The number of aromatic nitrogens is 2. The lowest BCUT2D eigenvalue weighted by atomic mass is 10.2. The average Bonchev–Trinajstić information content (AvgIpc) is 2.74. The molecule has 0 atom stereocenters. The van der Waals surface area contributed by atoms with Crippen molar-refractivity contribution in [3.63, 3.8) is 0 Å². The third-order valence-corrected chi connectivity index (χ3v) is 3.51. The molecule has 1 N–H and O–H groups in total. The van der Waals surface area contributed by atoms with Gasteiger partial charge < -0.3 is 4.42 Å². The Morgan fingerprint density at radius 2 is 1.94 bits per heavy atom. The average molecular weight is 267 g/mol. The maximum absolute atomic E-state index is 11.8. The summed E-state index contributed by atoms with van der Waals surface area (Å²) in [6.07, 6.45) is 0. The van der Waals surface area contributed by atoms with Gasteiger partial charge in [0.05, 0.1) is 12.3 Å². The van der Waals surface area contributed by atoms with Gasteiger partial charge in [-0.1, -0.05) is 30.3 Å². The first-order chi connectivity index (χ1) is 8.55. The molecule has 0 saturated heterocycles. The second-order valence-corrected chi connectivity index (χ2v) is 5.59. The largest absolute Gasteiger partial charge is 0.424 e. The molecule has 0 aliphatic heterocycles. The molecule has 96 valence electrons. The van der Waals surface area contributed by atoms with E-state index in [-0.39, 0.29) is 18.2 Å². The van der Waals surface area contributed by atoms with Crippen molar-refractivity contribution in [2.24, 2.45) is 0 Å². The molecular weight excluding hydrogens is 254 g/mol. The highest BCUT2D eigenvalue weighted by molar-refractivity contribution is 7.88. The van der Waals surface area contributed by atoms with Crippen LogP contribution >= 0.6 is 0 Å². The number of hydrogen-bond acceptors (Lipinski definition) is 5. The van der Waals surface area contributed by atoms with Gasteiger partial charge in [-0.2, -0.15) is 0 Å². The van der Waals surface area contributed by atoms with Crippen molar-refractivity contribution in [2.75, 3.05) is 0 Å². The Balaban J connectivity index is 1.96. The van der Waals surface area contributed by atoms with E-state index in [1.807, 2.05) is 6.07 Å². The van der Waals surface area contributed by atoms with Crippen LogP contribution in [0.4, 0.5) is 0 Å². The highest BCUT2D eigenvalue weighted by Gasteiger charge is 2.13. The van der Waals surface area contributed by atoms with Crippen LogP contribution in [0.25, 0.3) is 0 Å². The molecular formula is C11H13N3O3S. The fraction of sp³-hybridized carbons (Fsp3) is 0.273. The highest BCUT2D eigenvalue weighted by Crippen LogP contribution is 2.05. The van der Waals surface area contributed by atoms with E-state index in [9.17, 15) is 8.42 Å². The van der Waals surface area contributed by atoms with Crippen LogP contribution in [0.5, 0.6) is 0 Å². The maximum Gasteiger partial charge on any atom is 0.231 e. The van der Waals surface area contributed by atoms with Crippen LogP contribution in [0.1, 0.15) is 17.3 Å². The highest BCUT2D eigenvalue weighted by atomic mass is 32.2. The first-order valence-corrected chi connectivity index (χ1v) is 7.01. The summed E-state index contributed by atoms with van der Waals surface area (Å²) in [5.74, 6) is 0.595. The van der Waals surface area contributed by atoms with Crippen molar-refractivity contribution in [1.82, 2.24) is 14.9 Å². The lowest BCUT2D eigenvalue weighted by molar-refractivity contribution is 0.460. The molecule has 7 heteroatoms. The minimum absolute atomic E-state index is 0.00993. The van der Waals surface area contributed by atoms with Crippen LogP contribution in [0.15, 0.2) is 34.7 Å². The van der Waals surface area contributed by atoms with Crippen LogP contribution in [0, 0.1) is 6.92 Å². The summed E-state index contributed by atoms with van der Waals surface area (Å²) >= 11 is 0. The molecule has 1 aromatic carbocycles. The van der Waals surface area contributed by atoms with Crippen molar-refractivity contribution in [2.45, 2.75) is 19.2 Å². The monoisotopic (exact) mass is 267 g/mol. The molecule has 0 radical (unpaired) electrons. The molecule has 18 heavy (non-hydrogen) atoms. The molecule has 0 fully saturated rings. The molecule has 2 rings (SSSR count). The molecule has 0 spiro atoms. The van der Waals surface area contributed by atoms with Crippen LogP contribution in [-0.2, 0) is 22.3 Å². The first kappa shape index (κ1) is 12.7. The molecule has 0 aliphatic carbocycles. The smallest absolute Gasteiger partial charge is 0.231 e. The van der Waals surface area contributed by atoms with E-state index in [1.54, 1.807) is 31.2 Å². The minimum atomic E-state index is -3.40. The lowest BCUT2D eigenvalue weighted by Gasteiger charge is -2.04. The fourth-order valence-corrected chi connectivity index (χ4v) is 2.50. The number of rotatable bonds is 5. The van der Waals surface area contributed by atoms with Gasteiger partial charge in [-0.05, 0) is 5.56 Å². The predicted octanol–water partition coefficient (Wildman–Crippen LogP) is 0.998. The Bertz CT molecular complexity index is 607. The van der Waals surface area contributed by atoms with Crippen LogP contribution in [0.3, 0.4) is 0 Å². The number of benzene rings is 1. The van der Waals surface area contributed by atoms with Crippen LogP contribution in [0.2, 0.25) is 0 Å². The van der Waals surface area contributed by atoms with Gasteiger partial charge in [0.25, 0.3) is 0 Å². The van der Waals surface area contributed by atoms with E-state index in [0.29, 0.717) is 5.89 Å². The summed E-state index contributed by atoms with van der Waals surface area (Å²) in [5, 5.41) is 7.33. The van der Waals surface area contributed by atoms with Crippen LogP contribution < -0.4 is 4.72 Å². The van der Waals surface area contributed by atoms with E-state index in [1.165, 1.54) is 0 Å². The standard InChI is InChI=1S/C11H13N3O3S/c1-9-13-14-11(17-9)7-12-18(15,16)8-10-5-3-2-4-6-10/h2-6,12H,7-8H2,1H3. The molecule has 1 heterocycles. The molecule has 1 aromatic heterocycles. The van der Waals surface area contributed by atoms with E-state index in [2.05, 4.69) is 14.9 Å². The second kappa shape index (κ2) is 5.28. The quantitative estimate of drug-likeness (QED) is 0.873. The third-order valence-electron chi connectivity index (χ3n) is 2.21. The van der Waals surface area contributed by atoms with E-state index in [0.717, 1.165) is 5.56 Å². The number of nitrogens with one attached hydrogen (secondary N) is 1.